The van der Waals surface area contributed by atoms with Gasteiger partial charge in [-0.1, -0.05) is 170 Å². The van der Waals surface area contributed by atoms with Gasteiger partial charge in [0.1, 0.15) is 0 Å². The van der Waals surface area contributed by atoms with Crippen LogP contribution in [0.5, 0.6) is 0 Å². The van der Waals surface area contributed by atoms with Crippen LogP contribution in [0.25, 0.3) is 94.7 Å². The lowest BCUT2D eigenvalue weighted by molar-refractivity contribution is 1.08. The molecule has 0 aliphatic heterocycles. The Morgan fingerprint density at radius 2 is 0.755 bits per heavy atom. The molecule has 0 unspecified atom stereocenters. The fraction of sp³-hybridized carbons (Fsp3) is 0. The zero-order valence-corrected chi connectivity index (χ0v) is 28.1. The molecule has 0 bridgehead atoms. The van der Waals surface area contributed by atoms with Crippen molar-refractivity contribution in [3.05, 3.63) is 194 Å². The average Bonchev–Trinajstić information content (AvgIpc) is 3.68. The molecule has 4 heteroatoms. The van der Waals surface area contributed by atoms with E-state index >= 15 is 0 Å². The van der Waals surface area contributed by atoms with Crippen molar-refractivity contribution in [3.63, 3.8) is 0 Å². The monoisotopic (exact) mass is 684 g/mol. The second-order valence-electron chi connectivity index (χ2n) is 12.7. The molecule has 0 atom stereocenters. The van der Waals surface area contributed by atoms with Gasteiger partial charge in [-0.25, -0.2) is 15.0 Å². The Kier molecular flexibility index (Phi) is 5.66. The molecule has 0 saturated carbocycles. The van der Waals surface area contributed by atoms with Gasteiger partial charge in [0, 0.05) is 32.8 Å². The Hall–Kier alpha value is -7.17. The van der Waals surface area contributed by atoms with Crippen molar-refractivity contribution in [2.45, 2.75) is 0 Å². The minimum absolute atomic E-state index is 0.0180. The summed E-state index contributed by atoms with van der Waals surface area (Å²) in [6.45, 7) is 0. The summed E-state index contributed by atoms with van der Waals surface area (Å²) in [4.78, 5) is 15.2. The quantitative estimate of drug-likeness (QED) is 0.175. The number of rotatable bonds is 6. The summed E-state index contributed by atoms with van der Waals surface area (Å²) in [5.41, 5.74) is 7.08. The van der Waals surface area contributed by atoms with Crippen molar-refractivity contribution in [2.75, 3.05) is 0 Å². The van der Waals surface area contributed by atoms with Crippen LogP contribution in [-0.4, -0.2) is 19.5 Å². The number of fused-ring (bicyclic) bond motifs is 4. The van der Waals surface area contributed by atoms with Gasteiger partial charge in [-0.3, -0.25) is 0 Å². The third-order valence-electron chi connectivity index (χ3n) is 9.55. The number of hydrogen-bond donors (Lipinski definition) is 0. The van der Waals surface area contributed by atoms with E-state index in [0.717, 1.165) is 33.4 Å². The van der Waals surface area contributed by atoms with E-state index in [1.165, 1.54) is 0 Å². The lowest BCUT2D eigenvalue weighted by Gasteiger charge is -2.15. The highest BCUT2D eigenvalue weighted by Crippen LogP contribution is 2.38. The van der Waals surface area contributed by atoms with Crippen LogP contribution in [0.15, 0.2) is 194 Å². The first-order valence-electron chi connectivity index (χ1n) is 21.2. The molecule has 0 saturated heterocycles. The summed E-state index contributed by atoms with van der Waals surface area (Å²) < 4.78 is 71.6. The Labute approximate surface area is 318 Å². The first kappa shape index (κ1) is 23.3. The van der Waals surface area contributed by atoms with Gasteiger partial charge in [0.15, 0.2) is 17.5 Å². The second-order valence-corrected chi connectivity index (χ2v) is 12.7. The van der Waals surface area contributed by atoms with E-state index in [9.17, 15) is 0 Å². The maximum absolute atomic E-state index is 9.06. The Bertz CT molecular complexity index is 3190. The van der Waals surface area contributed by atoms with E-state index in [1.54, 1.807) is 10.6 Å². The molecule has 2 aromatic heterocycles. The fourth-order valence-electron chi connectivity index (χ4n) is 6.97. The molecule has 0 fully saturated rings. The predicted molar refractivity (Wildman–Crippen MR) is 219 cm³/mol. The van der Waals surface area contributed by atoms with E-state index in [2.05, 4.69) is 24.3 Å². The third-order valence-corrected chi connectivity index (χ3v) is 9.55. The van der Waals surface area contributed by atoms with Crippen LogP contribution in [0.4, 0.5) is 0 Å². The molecule has 10 aromatic rings. The van der Waals surface area contributed by atoms with Crippen molar-refractivity contribution in [1.82, 2.24) is 19.5 Å². The van der Waals surface area contributed by atoms with Crippen LogP contribution in [0.2, 0.25) is 0 Å². The van der Waals surface area contributed by atoms with E-state index in [0.29, 0.717) is 39.5 Å². The molecule has 248 valence electrons. The lowest BCUT2D eigenvalue weighted by atomic mass is 10.0. The Morgan fingerprint density at radius 1 is 0.340 bits per heavy atom. The Morgan fingerprint density at radius 3 is 1.28 bits per heavy atom. The highest BCUT2D eigenvalue weighted by Gasteiger charge is 2.18. The summed E-state index contributed by atoms with van der Waals surface area (Å²) >= 11 is 0. The number of benzene rings is 8. The van der Waals surface area contributed by atoms with Crippen molar-refractivity contribution in [3.8, 4) is 62.1 Å². The Balaban J connectivity index is 1.20. The number of nitrogens with zero attached hydrogens (tertiary/aromatic N) is 4. The molecular weight excluding hydrogens is 645 g/mol. The molecule has 10 rings (SSSR count). The van der Waals surface area contributed by atoms with Crippen LogP contribution in [0.1, 0.15) is 11.0 Å². The smallest absolute Gasteiger partial charge is 0.164 e. The normalized spacial score (nSPS) is 13.5. The minimum Gasteiger partial charge on any atom is -0.309 e. The SMILES string of the molecule is [2H]c1c([2H])c([2H])c2c(c1[2H])c1c([2H])c([2H])c([2H])c([2H])c1n2-c1ccc(-c2nc(-c3ccc(-c4ccccc4)cc3)nc(-c3ccc(-c4ccccc4)cc3)n2)c2ccccc12. The van der Waals surface area contributed by atoms with E-state index in [1.807, 2.05) is 115 Å². The topological polar surface area (TPSA) is 43.6 Å². The minimum atomic E-state index is -0.491. The molecule has 0 amide bonds. The molecule has 4 nitrogen and oxygen atoms in total. The van der Waals surface area contributed by atoms with Gasteiger partial charge < -0.3 is 4.57 Å². The standard InChI is InChI=1S/C49H32N4/c1-3-13-33(14-4-1)35-23-27-37(28-24-35)47-50-48(38-29-25-36(26-30-38)34-15-5-2-6-16-34)52-49(51-47)43-31-32-46(40-18-8-7-17-39(40)43)53-44-21-11-9-19-41(44)42-20-10-12-22-45(42)53/h1-32H/i9D,10D,11D,12D,19D,20D,21D,22D. The molecular formula is C49H32N4. The number of aromatic nitrogens is 4. The van der Waals surface area contributed by atoms with Gasteiger partial charge >= 0.3 is 0 Å². The van der Waals surface area contributed by atoms with Crippen molar-refractivity contribution in [2.24, 2.45) is 0 Å². The van der Waals surface area contributed by atoms with Gasteiger partial charge in [0.25, 0.3) is 0 Å². The summed E-state index contributed by atoms with van der Waals surface area (Å²) in [7, 11) is 0. The first-order valence-corrected chi connectivity index (χ1v) is 17.2. The zero-order valence-electron chi connectivity index (χ0n) is 36.1. The second kappa shape index (κ2) is 12.9. The highest BCUT2D eigenvalue weighted by atomic mass is 15.0. The molecule has 0 radical (unpaired) electrons. The molecule has 8 aromatic carbocycles. The molecule has 0 spiro atoms. The number of hydrogen-bond acceptors (Lipinski definition) is 3. The maximum Gasteiger partial charge on any atom is 0.164 e. The van der Waals surface area contributed by atoms with Gasteiger partial charge in [0.05, 0.1) is 27.7 Å². The van der Waals surface area contributed by atoms with Crippen LogP contribution >= 0.6 is 0 Å². The summed E-state index contributed by atoms with van der Waals surface area (Å²) in [5, 5.41) is 1.38. The van der Waals surface area contributed by atoms with Crippen LogP contribution in [-0.2, 0) is 0 Å². The number of para-hydroxylation sites is 2. The van der Waals surface area contributed by atoms with E-state index < -0.39 is 24.2 Å². The molecule has 0 aliphatic rings. The average molecular weight is 685 g/mol. The zero-order chi connectivity index (χ0) is 42.1. The molecule has 0 aliphatic carbocycles. The largest absolute Gasteiger partial charge is 0.309 e. The third kappa shape index (κ3) is 5.45. The molecule has 2 heterocycles. The van der Waals surface area contributed by atoms with Crippen LogP contribution in [0.3, 0.4) is 0 Å². The van der Waals surface area contributed by atoms with Gasteiger partial charge in [-0.15, -0.1) is 0 Å². The maximum atomic E-state index is 9.06. The van der Waals surface area contributed by atoms with Crippen molar-refractivity contribution >= 4 is 32.6 Å². The molecule has 0 N–H and O–H groups in total. The van der Waals surface area contributed by atoms with Crippen LogP contribution < -0.4 is 0 Å². The van der Waals surface area contributed by atoms with Gasteiger partial charge in [-0.05, 0) is 51.9 Å². The van der Waals surface area contributed by atoms with E-state index in [-0.39, 0.29) is 46.0 Å². The van der Waals surface area contributed by atoms with Gasteiger partial charge in [0.2, 0.25) is 0 Å². The summed E-state index contributed by atoms with van der Waals surface area (Å²) in [6.07, 6.45) is 0. The predicted octanol–water partition coefficient (Wildman–Crippen LogP) is 12.5. The van der Waals surface area contributed by atoms with Gasteiger partial charge in [-0.2, -0.15) is 0 Å². The van der Waals surface area contributed by atoms with Crippen LogP contribution in [0, 0.1) is 0 Å². The highest BCUT2D eigenvalue weighted by molar-refractivity contribution is 6.11. The summed E-state index contributed by atoms with van der Waals surface area (Å²) in [6, 6.07) is 44.1. The molecule has 53 heavy (non-hydrogen) atoms. The lowest BCUT2D eigenvalue weighted by Crippen LogP contribution is -2.02. The fourth-order valence-corrected chi connectivity index (χ4v) is 6.97. The van der Waals surface area contributed by atoms with Crippen molar-refractivity contribution in [1.29, 1.82) is 0 Å². The van der Waals surface area contributed by atoms with Crippen molar-refractivity contribution < 1.29 is 11.0 Å². The van der Waals surface area contributed by atoms with E-state index in [4.69, 9.17) is 25.9 Å². The summed E-state index contributed by atoms with van der Waals surface area (Å²) in [5.74, 6) is 1.33. The first-order chi connectivity index (χ1) is 29.6.